The summed E-state index contributed by atoms with van der Waals surface area (Å²) in [6.45, 7) is 2.80. The summed E-state index contributed by atoms with van der Waals surface area (Å²) in [5.74, 6) is 0.889. The third-order valence-corrected chi connectivity index (χ3v) is 3.50. The molecule has 0 saturated heterocycles. The van der Waals surface area contributed by atoms with Gasteiger partial charge >= 0.3 is 0 Å². The molecule has 1 unspecified atom stereocenters. The Hall–Kier alpha value is -1.07. The molecular weight excluding hydrogens is 310 g/mol. The summed E-state index contributed by atoms with van der Waals surface area (Å²) in [6, 6.07) is 5.23. The van der Waals surface area contributed by atoms with Crippen LogP contribution in [-0.2, 0) is 0 Å². The summed E-state index contributed by atoms with van der Waals surface area (Å²) in [6.07, 6.45) is 1.77. The minimum atomic E-state index is -0.0972. The summed E-state index contributed by atoms with van der Waals surface area (Å²) in [7, 11) is 1.59. The highest BCUT2D eigenvalue weighted by Gasteiger charge is 2.08. The number of amides is 1. The maximum Gasteiger partial charge on any atom is 0.251 e. The van der Waals surface area contributed by atoms with E-state index in [9.17, 15) is 4.79 Å². The zero-order valence-corrected chi connectivity index (χ0v) is 12.9. The van der Waals surface area contributed by atoms with Crippen molar-refractivity contribution in [3.8, 4) is 5.75 Å². The van der Waals surface area contributed by atoms with Crippen LogP contribution in [-0.4, -0.2) is 31.3 Å². The van der Waals surface area contributed by atoms with Crippen LogP contribution in [0.5, 0.6) is 5.75 Å². The molecule has 0 aliphatic heterocycles. The molecule has 1 aromatic rings. The van der Waals surface area contributed by atoms with Gasteiger partial charge in [0.1, 0.15) is 5.75 Å². The molecule has 1 atom stereocenters. The third kappa shape index (κ3) is 5.20. The van der Waals surface area contributed by atoms with Crippen molar-refractivity contribution in [1.29, 1.82) is 0 Å². The van der Waals surface area contributed by atoms with Crippen LogP contribution in [0.25, 0.3) is 0 Å². The number of hydrogen-bond acceptors (Lipinski definition) is 3. The largest absolute Gasteiger partial charge is 0.496 e. The molecular formula is C14H20BrNO3. The average Bonchev–Trinajstić information content (AvgIpc) is 2.42. The molecule has 1 aromatic carbocycles. The van der Waals surface area contributed by atoms with Crippen LogP contribution in [0.2, 0.25) is 0 Å². The van der Waals surface area contributed by atoms with E-state index in [4.69, 9.17) is 9.84 Å². The van der Waals surface area contributed by atoms with E-state index in [2.05, 4.69) is 21.2 Å². The van der Waals surface area contributed by atoms with Crippen LogP contribution in [0.3, 0.4) is 0 Å². The minimum Gasteiger partial charge on any atom is -0.496 e. The second-order valence-corrected chi connectivity index (χ2v) is 5.39. The zero-order valence-electron chi connectivity index (χ0n) is 11.3. The lowest BCUT2D eigenvalue weighted by Crippen LogP contribution is -2.24. The van der Waals surface area contributed by atoms with Crippen LogP contribution in [0.15, 0.2) is 22.7 Å². The Morgan fingerprint density at radius 3 is 2.84 bits per heavy atom. The predicted octanol–water partition coefficient (Wildman–Crippen LogP) is 2.60. The molecule has 1 rings (SSSR count). The topological polar surface area (TPSA) is 58.6 Å². The van der Waals surface area contributed by atoms with Crippen LogP contribution in [0.4, 0.5) is 0 Å². The van der Waals surface area contributed by atoms with Crippen molar-refractivity contribution in [2.75, 3.05) is 20.3 Å². The van der Waals surface area contributed by atoms with Crippen molar-refractivity contribution in [2.45, 2.75) is 19.8 Å². The molecule has 0 aliphatic rings. The minimum absolute atomic E-state index is 0.0972. The molecule has 0 saturated carbocycles. The summed E-state index contributed by atoms with van der Waals surface area (Å²) >= 11 is 3.35. The number of halogens is 1. The van der Waals surface area contributed by atoms with Crippen LogP contribution in [0.1, 0.15) is 30.1 Å². The molecule has 0 radical (unpaired) electrons. The van der Waals surface area contributed by atoms with E-state index in [0.717, 1.165) is 17.3 Å². The standard InChI is InChI=1S/C14H20BrNO3/c1-10(9-17)4-3-7-16-14(18)11-5-6-13(19-2)12(15)8-11/h5-6,8,10,17H,3-4,7,9H2,1-2H3,(H,16,18). The molecule has 0 aromatic heterocycles. The highest BCUT2D eigenvalue weighted by molar-refractivity contribution is 9.10. The number of nitrogens with one attached hydrogen (secondary N) is 1. The number of benzene rings is 1. The van der Waals surface area contributed by atoms with Crippen LogP contribution >= 0.6 is 15.9 Å². The Morgan fingerprint density at radius 1 is 1.53 bits per heavy atom. The van der Waals surface area contributed by atoms with E-state index in [1.807, 2.05) is 6.92 Å². The fourth-order valence-corrected chi connectivity index (χ4v) is 2.19. The smallest absolute Gasteiger partial charge is 0.251 e. The van der Waals surface area contributed by atoms with E-state index < -0.39 is 0 Å². The number of carbonyl (C=O) groups excluding carboxylic acids is 1. The number of aliphatic hydroxyl groups is 1. The maximum absolute atomic E-state index is 11.9. The molecule has 0 fully saturated rings. The van der Waals surface area contributed by atoms with E-state index in [1.165, 1.54) is 0 Å². The normalized spacial score (nSPS) is 12.0. The van der Waals surface area contributed by atoms with Crippen molar-refractivity contribution in [2.24, 2.45) is 5.92 Å². The van der Waals surface area contributed by atoms with Gasteiger partial charge in [0, 0.05) is 18.7 Å². The molecule has 0 aliphatic carbocycles. The lowest BCUT2D eigenvalue weighted by molar-refractivity contribution is 0.0952. The van der Waals surface area contributed by atoms with E-state index in [1.54, 1.807) is 25.3 Å². The Bertz CT molecular complexity index is 423. The monoisotopic (exact) mass is 329 g/mol. The average molecular weight is 330 g/mol. The van der Waals surface area contributed by atoms with Gasteiger partial charge in [-0.15, -0.1) is 0 Å². The Labute approximate surface area is 122 Å². The van der Waals surface area contributed by atoms with E-state index in [-0.39, 0.29) is 18.4 Å². The van der Waals surface area contributed by atoms with Crippen LogP contribution < -0.4 is 10.1 Å². The van der Waals surface area contributed by atoms with Gasteiger partial charge in [0.15, 0.2) is 0 Å². The third-order valence-electron chi connectivity index (χ3n) is 2.88. The van der Waals surface area contributed by atoms with Crippen molar-refractivity contribution < 1.29 is 14.6 Å². The summed E-state index contributed by atoms with van der Waals surface area (Å²) < 4.78 is 5.88. The van der Waals surface area contributed by atoms with Crippen molar-refractivity contribution >= 4 is 21.8 Å². The molecule has 0 spiro atoms. The quantitative estimate of drug-likeness (QED) is 0.756. The first-order chi connectivity index (χ1) is 9.08. The Kier molecular flexibility index (Phi) is 6.87. The van der Waals surface area contributed by atoms with Gasteiger partial charge in [0.05, 0.1) is 11.6 Å². The van der Waals surface area contributed by atoms with Gasteiger partial charge in [0.2, 0.25) is 0 Å². The predicted molar refractivity (Wildman–Crippen MR) is 78.5 cm³/mol. The van der Waals surface area contributed by atoms with Gasteiger partial charge in [-0.25, -0.2) is 0 Å². The summed E-state index contributed by atoms with van der Waals surface area (Å²) in [5, 5.41) is 11.8. The van der Waals surface area contributed by atoms with Gasteiger partial charge in [-0.3, -0.25) is 4.79 Å². The Balaban J connectivity index is 2.43. The highest BCUT2D eigenvalue weighted by Crippen LogP contribution is 2.25. The number of carbonyl (C=O) groups is 1. The van der Waals surface area contributed by atoms with Crippen molar-refractivity contribution in [3.63, 3.8) is 0 Å². The molecule has 0 heterocycles. The molecule has 1 amide bonds. The Morgan fingerprint density at radius 2 is 2.26 bits per heavy atom. The van der Waals surface area contributed by atoms with E-state index >= 15 is 0 Å². The molecule has 5 heteroatoms. The fourth-order valence-electron chi connectivity index (χ4n) is 1.65. The molecule has 0 bridgehead atoms. The van der Waals surface area contributed by atoms with Gasteiger partial charge in [-0.1, -0.05) is 6.92 Å². The van der Waals surface area contributed by atoms with Crippen LogP contribution in [0, 0.1) is 5.92 Å². The molecule has 19 heavy (non-hydrogen) atoms. The van der Waals surface area contributed by atoms with E-state index in [0.29, 0.717) is 17.9 Å². The summed E-state index contributed by atoms with van der Waals surface area (Å²) in [4.78, 5) is 11.9. The number of hydrogen-bond donors (Lipinski definition) is 2. The van der Waals surface area contributed by atoms with Gasteiger partial charge in [-0.05, 0) is 52.9 Å². The lowest BCUT2D eigenvalue weighted by atomic mass is 10.1. The highest BCUT2D eigenvalue weighted by atomic mass is 79.9. The number of rotatable bonds is 7. The van der Waals surface area contributed by atoms with Crippen molar-refractivity contribution in [3.05, 3.63) is 28.2 Å². The second kappa shape index (κ2) is 8.17. The molecule has 106 valence electrons. The van der Waals surface area contributed by atoms with Gasteiger partial charge < -0.3 is 15.2 Å². The van der Waals surface area contributed by atoms with Gasteiger partial charge in [-0.2, -0.15) is 0 Å². The maximum atomic E-state index is 11.9. The first kappa shape index (κ1) is 16.0. The first-order valence-electron chi connectivity index (χ1n) is 6.31. The van der Waals surface area contributed by atoms with Crippen molar-refractivity contribution in [1.82, 2.24) is 5.32 Å². The molecule has 4 nitrogen and oxygen atoms in total. The second-order valence-electron chi connectivity index (χ2n) is 4.54. The van der Waals surface area contributed by atoms with Gasteiger partial charge in [0.25, 0.3) is 5.91 Å². The fraction of sp³-hybridized carbons (Fsp3) is 0.500. The SMILES string of the molecule is COc1ccc(C(=O)NCCCC(C)CO)cc1Br. The number of aliphatic hydroxyl groups excluding tert-OH is 1. The number of ether oxygens (including phenoxy) is 1. The lowest BCUT2D eigenvalue weighted by Gasteiger charge is -2.09. The molecule has 2 N–H and O–H groups in total. The summed E-state index contributed by atoms with van der Waals surface area (Å²) in [5.41, 5.74) is 0.600. The first-order valence-corrected chi connectivity index (χ1v) is 7.10. The number of methoxy groups -OCH3 is 1. The zero-order chi connectivity index (χ0) is 14.3.